The van der Waals surface area contributed by atoms with Crippen molar-refractivity contribution in [3.05, 3.63) is 59.3 Å². The van der Waals surface area contributed by atoms with Gasteiger partial charge < -0.3 is 24.7 Å². The number of H-pyrrole nitrogens is 1. The molecular weight excluding hydrogens is 390 g/mol. The van der Waals surface area contributed by atoms with Gasteiger partial charge in [0, 0.05) is 29.2 Å². The third-order valence-corrected chi connectivity index (χ3v) is 6.71. The number of fused-ring (bicyclic) bond motifs is 3. The second-order valence-electron chi connectivity index (χ2n) is 8.48. The molecular formula is C25H29N3O3. The maximum atomic E-state index is 13.3. The molecule has 6 nitrogen and oxygen atoms in total. The van der Waals surface area contributed by atoms with Gasteiger partial charge in [0.1, 0.15) is 11.5 Å². The highest BCUT2D eigenvalue weighted by atomic mass is 16.5. The predicted molar refractivity (Wildman–Crippen MR) is 121 cm³/mol. The molecule has 2 aliphatic rings. The van der Waals surface area contributed by atoms with Gasteiger partial charge >= 0.3 is 6.03 Å². The van der Waals surface area contributed by atoms with E-state index in [4.69, 9.17) is 9.47 Å². The summed E-state index contributed by atoms with van der Waals surface area (Å²) in [6, 6.07) is 14.3. The number of aromatic nitrogens is 1. The first kappa shape index (κ1) is 19.8. The maximum Gasteiger partial charge on any atom is 0.318 e. The molecule has 0 spiro atoms. The topological polar surface area (TPSA) is 66.6 Å². The summed E-state index contributed by atoms with van der Waals surface area (Å²) in [6.07, 6.45) is 5.35. The summed E-state index contributed by atoms with van der Waals surface area (Å²) in [5.41, 5.74) is 4.49. The first-order valence-electron chi connectivity index (χ1n) is 11.1. The molecule has 1 saturated carbocycles. The van der Waals surface area contributed by atoms with Crippen LogP contribution in [-0.4, -0.2) is 42.7 Å². The summed E-state index contributed by atoms with van der Waals surface area (Å²) < 4.78 is 10.8. The van der Waals surface area contributed by atoms with Crippen LogP contribution in [0.25, 0.3) is 10.9 Å². The number of amides is 2. The van der Waals surface area contributed by atoms with E-state index in [9.17, 15) is 4.79 Å². The molecule has 1 fully saturated rings. The number of carbonyl (C=O) groups excluding carboxylic acids is 1. The number of nitrogens with zero attached hydrogens (tertiary/aromatic N) is 1. The van der Waals surface area contributed by atoms with Crippen LogP contribution in [0.4, 0.5) is 4.79 Å². The molecule has 2 amide bonds. The zero-order valence-electron chi connectivity index (χ0n) is 18.1. The molecule has 0 saturated heterocycles. The molecule has 0 bridgehead atoms. The molecule has 0 unspecified atom stereocenters. The van der Waals surface area contributed by atoms with Crippen LogP contribution in [0.15, 0.2) is 42.5 Å². The standard InChI is InChI=1S/C25H29N3O3/c1-30-18-9-7-16(8-10-18)24-23-20(21-15-19(31-2)11-12-22(21)27-23)13-14-28(24)25(29)26-17-5-3-4-6-17/h7-12,15,17,24,27H,3-6,13-14H2,1-2H3,(H,26,29)/t24-/m0/s1. The third kappa shape index (κ3) is 3.60. The summed E-state index contributed by atoms with van der Waals surface area (Å²) in [5, 5.41) is 4.45. The number of ether oxygens (including phenoxy) is 2. The summed E-state index contributed by atoms with van der Waals surface area (Å²) in [7, 11) is 3.36. The van der Waals surface area contributed by atoms with Crippen molar-refractivity contribution >= 4 is 16.9 Å². The molecule has 1 atom stereocenters. The van der Waals surface area contributed by atoms with Crippen LogP contribution in [0, 0.1) is 0 Å². The van der Waals surface area contributed by atoms with E-state index in [-0.39, 0.29) is 18.1 Å². The van der Waals surface area contributed by atoms with Crippen LogP contribution in [0.1, 0.15) is 48.5 Å². The van der Waals surface area contributed by atoms with E-state index >= 15 is 0 Å². The molecule has 5 rings (SSSR count). The molecule has 1 aromatic heterocycles. The number of nitrogens with one attached hydrogen (secondary N) is 2. The zero-order chi connectivity index (χ0) is 21.4. The fourth-order valence-corrected chi connectivity index (χ4v) is 5.07. The number of urea groups is 1. The van der Waals surface area contributed by atoms with Crippen LogP contribution < -0.4 is 14.8 Å². The van der Waals surface area contributed by atoms with Gasteiger partial charge in [-0.25, -0.2) is 4.79 Å². The Kier molecular flexibility index (Phi) is 5.22. The van der Waals surface area contributed by atoms with Gasteiger partial charge in [0.15, 0.2) is 0 Å². The van der Waals surface area contributed by atoms with Crippen LogP contribution in [-0.2, 0) is 6.42 Å². The van der Waals surface area contributed by atoms with Crippen molar-refractivity contribution < 1.29 is 14.3 Å². The SMILES string of the molecule is COc1ccc([C@H]2c3[nH]c4ccc(OC)cc4c3CCN2C(=O)NC2CCCC2)cc1. The van der Waals surface area contributed by atoms with E-state index in [0.29, 0.717) is 6.54 Å². The van der Waals surface area contributed by atoms with Crippen LogP contribution >= 0.6 is 0 Å². The zero-order valence-corrected chi connectivity index (χ0v) is 18.1. The summed E-state index contributed by atoms with van der Waals surface area (Å²) in [4.78, 5) is 18.9. The van der Waals surface area contributed by atoms with Crippen molar-refractivity contribution in [2.45, 2.75) is 44.2 Å². The van der Waals surface area contributed by atoms with Gasteiger partial charge in [-0.15, -0.1) is 0 Å². The average Bonchev–Trinajstić information content (AvgIpc) is 3.45. The minimum Gasteiger partial charge on any atom is -0.497 e. The van der Waals surface area contributed by atoms with E-state index in [1.165, 1.54) is 23.8 Å². The largest absolute Gasteiger partial charge is 0.497 e. The molecule has 0 radical (unpaired) electrons. The Morgan fingerprint density at radius 3 is 2.45 bits per heavy atom. The minimum atomic E-state index is -0.172. The van der Waals surface area contributed by atoms with Crippen molar-refractivity contribution in [1.29, 1.82) is 0 Å². The monoisotopic (exact) mass is 419 g/mol. The summed E-state index contributed by atoms with van der Waals surface area (Å²) in [5.74, 6) is 1.65. The molecule has 2 N–H and O–H groups in total. The first-order chi connectivity index (χ1) is 15.2. The Hall–Kier alpha value is -3.15. The lowest BCUT2D eigenvalue weighted by atomic mass is 9.92. The lowest BCUT2D eigenvalue weighted by Crippen LogP contribution is -2.48. The second kappa shape index (κ2) is 8.17. The third-order valence-electron chi connectivity index (χ3n) is 6.71. The Labute approximate surface area is 182 Å². The molecule has 6 heteroatoms. The molecule has 1 aliphatic heterocycles. The van der Waals surface area contributed by atoms with Gasteiger partial charge in [-0.3, -0.25) is 0 Å². The molecule has 1 aliphatic carbocycles. The maximum absolute atomic E-state index is 13.3. The van der Waals surface area contributed by atoms with Crippen molar-refractivity contribution in [2.75, 3.05) is 20.8 Å². The minimum absolute atomic E-state index is 0.0228. The molecule has 2 heterocycles. The number of benzene rings is 2. The number of methoxy groups -OCH3 is 2. The van der Waals surface area contributed by atoms with Gasteiger partial charge in [0.25, 0.3) is 0 Å². The number of hydrogen-bond donors (Lipinski definition) is 2. The average molecular weight is 420 g/mol. The van der Waals surface area contributed by atoms with Crippen molar-refractivity contribution in [1.82, 2.24) is 15.2 Å². The predicted octanol–water partition coefficient (Wildman–Crippen LogP) is 4.78. The fourth-order valence-electron chi connectivity index (χ4n) is 5.07. The van der Waals surface area contributed by atoms with Gasteiger partial charge in [-0.1, -0.05) is 25.0 Å². The summed E-state index contributed by atoms with van der Waals surface area (Å²) in [6.45, 7) is 0.673. The molecule has 2 aromatic carbocycles. The van der Waals surface area contributed by atoms with Crippen molar-refractivity contribution in [2.24, 2.45) is 0 Å². The second-order valence-corrected chi connectivity index (χ2v) is 8.48. The molecule has 162 valence electrons. The number of hydrogen-bond acceptors (Lipinski definition) is 3. The van der Waals surface area contributed by atoms with E-state index in [1.807, 2.05) is 23.1 Å². The van der Waals surface area contributed by atoms with E-state index in [2.05, 4.69) is 34.6 Å². The summed E-state index contributed by atoms with van der Waals surface area (Å²) >= 11 is 0. The Bertz CT molecular complexity index is 1080. The lowest BCUT2D eigenvalue weighted by molar-refractivity contribution is 0.175. The lowest BCUT2D eigenvalue weighted by Gasteiger charge is -2.37. The number of aromatic amines is 1. The smallest absolute Gasteiger partial charge is 0.318 e. The van der Waals surface area contributed by atoms with Gasteiger partial charge in [-0.05, 0) is 60.7 Å². The molecule has 31 heavy (non-hydrogen) atoms. The van der Waals surface area contributed by atoms with E-state index < -0.39 is 0 Å². The van der Waals surface area contributed by atoms with Crippen molar-refractivity contribution in [3.8, 4) is 11.5 Å². The Morgan fingerprint density at radius 1 is 1.03 bits per heavy atom. The van der Waals surface area contributed by atoms with Gasteiger partial charge in [0.2, 0.25) is 0 Å². The normalized spacial score (nSPS) is 18.8. The Morgan fingerprint density at radius 2 is 1.74 bits per heavy atom. The van der Waals surface area contributed by atoms with Gasteiger partial charge in [0.05, 0.1) is 20.3 Å². The Balaban J connectivity index is 1.57. The van der Waals surface area contributed by atoms with Gasteiger partial charge in [-0.2, -0.15) is 0 Å². The van der Waals surface area contributed by atoms with Crippen LogP contribution in [0.2, 0.25) is 0 Å². The van der Waals surface area contributed by atoms with E-state index in [1.54, 1.807) is 14.2 Å². The highest BCUT2D eigenvalue weighted by Crippen LogP contribution is 2.40. The number of carbonyl (C=O) groups is 1. The van der Waals surface area contributed by atoms with E-state index in [0.717, 1.165) is 47.5 Å². The quantitative estimate of drug-likeness (QED) is 0.639. The highest BCUT2D eigenvalue weighted by molar-refractivity contribution is 5.87. The first-order valence-corrected chi connectivity index (χ1v) is 11.1. The fraction of sp³-hybridized carbons (Fsp3) is 0.400. The molecule has 3 aromatic rings. The van der Waals surface area contributed by atoms with Crippen molar-refractivity contribution in [3.63, 3.8) is 0 Å². The van der Waals surface area contributed by atoms with Crippen LogP contribution in [0.5, 0.6) is 11.5 Å². The highest BCUT2D eigenvalue weighted by Gasteiger charge is 2.35. The number of rotatable bonds is 4. The van der Waals surface area contributed by atoms with Crippen LogP contribution in [0.3, 0.4) is 0 Å².